The topological polar surface area (TPSA) is 51.0 Å². The molecule has 2 aromatic carbocycles. The Balaban J connectivity index is 1.51. The number of hydrogen-bond donors (Lipinski definition) is 0. The van der Waals surface area contributed by atoms with Crippen LogP contribution < -0.4 is 0 Å². The zero-order valence-electron chi connectivity index (χ0n) is 17.6. The number of hydrogen-bond acceptors (Lipinski definition) is 5. The van der Waals surface area contributed by atoms with Crippen LogP contribution in [0.2, 0.25) is 0 Å². The Labute approximate surface area is 194 Å². The van der Waals surface area contributed by atoms with E-state index in [1.54, 1.807) is 41.5 Å². The maximum Gasteiger partial charge on any atom is 0.233 e. The summed E-state index contributed by atoms with van der Waals surface area (Å²) >= 11 is 2.95. The van der Waals surface area contributed by atoms with Gasteiger partial charge in [-0.25, -0.2) is 4.39 Å². The molecule has 32 heavy (non-hydrogen) atoms. The maximum absolute atomic E-state index is 14.5. The number of carbonyl (C=O) groups is 1. The van der Waals surface area contributed by atoms with Gasteiger partial charge in [0.1, 0.15) is 5.82 Å². The maximum atomic E-state index is 14.5. The summed E-state index contributed by atoms with van der Waals surface area (Å²) in [4.78, 5) is 14.4. The van der Waals surface area contributed by atoms with Crippen LogP contribution in [0.3, 0.4) is 0 Å². The molecule has 164 valence electrons. The van der Waals surface area contributed by atoms with Crippen molar-refractivity contribution in [1.82, 2.24) is 19.7 Å². The number of thioether (sulfide) groups is 1. The SMILES string of the molecule is CN(Cc1ccsc1)C(=O)CSc1nnc(-c2ccccc2F)n1CCc1ccccc1. The van der Waals surface area contributed by atoms with E-state index in [-0.39, 0.29) is 17.5 Å². The van der Waals surface area contributed by atoms with Gasteiger partial charge in [0.2, 0.25) is 5.91 Å². The number of halogens is 1. The van der Waals surface area contributed by atoms with Crippen LogP contribution in [-0.2, 0) is 24.3 Å². The molecule has 1 amide bonds. The first kappa shape index (κ1) is 22.2. The first-order chi connectivity index (χ1) is 15.6. The van der Waals surface area contributed by atoms with Crippen molar-refractivity contribution in [2.45, 2.75) is 24.7 Å². The third-order valence-corrected chi connectivity index (χ3v) is 6.73. The molecule has 0 spiro atoms. The predicted molar refractivity (Wildman–Crippen MR) is 127 cm³/mol. The quantitative estimate of drug-likeness (QED) is 0.321. The van der Waals surface area contributed by atoms with E-state index in [0.29, 0.717) is 29.6 Å². The van der Waals surface area contributed by atoms with Gasteiger partial charge in [-0.15, -0.1) is 10.2 Å². The van der Waals surface area contributed by atoms with Gasteiger partial charge in [-0.1, -0.05) is 54.2 Å². The van der Waals surface area contributed by atoms with E-state index in [9.17, 15) is 9.18 Å². The molecule has 2 aromatic heterocycles. The average molecular weight is 467 g/mol. The summed E-state index contributed by atoms with van der Waals surface area (Å²) in [6, 6.07) is 18.7. The highest BCUT2D eigenvalue weighted by Gasteiger charge is 2.19. The Bertz CT molecular complexity index is 1160. The molecule has 0 aliphatic rings. The second kappa shape index (κ2) is 10.6. The molecular weight excluding hydrogens is 443 g/mol. The fourth-order valence-corrected chi connectivity index (χ4v) is 4.87. The summed E-state index contributed by atoms with van der Waals surface area (Å²) < 4.78 is 16.4. The van der Waals surface area contributed by atoms with Gasteiger partial charge in [-0.05, 0) is 46.5 Å². The molecule has 8 heteroatoms. The number of aryl methyl sites for hydroxylation is 1. The summed E-state index contributed by atoms with van der Waals surface area (Å²) in [6.45, 7) is 1.16. The zero-order chi connectivity index (χ0) is 22.3. The number of benzene rings is 2. The normalized spacial score (nSPS) is 10.9. The largest absolute Gasteiger partial charge is 0.341 e. The summed E-state index contributed by atoms with van der Waals surface area (Å²) in [5, 5.41) is 13.2. The Hall–Kier alpha value is -2.97. The van der Waals surface area contributed by atoms with E-state index in [1.165, 1.54) is 23.4 Å². The lowest BCUT2D eigenvalue weighted by atomic mass is 10.1. The predicted octanol–water partition coefficient (Wildman–Crippen LogP) is 5.14. The fourth-order valence-electron chi connectivity index (χ4n) is 3.31. The Morgan fingerprint density at radius 3 is 2.59 bits per heavy atom. The number of nitrogens with zero attached hydrogens (tertiary/aromatic N) is 4. The molecule has 0 fully saturated rings. The molecule has 5 nitrogen and oxygen atoms in total. The van der Waals surface area contributed by atoms with Crippen LogP contribution in [-0.4, -0.2) is 38.4 Å². The fraction of sp³-hybridized carbons (Fsp3) is 0.208. The Morgan fingerprint density at radius 2 is 1.84 bits per heavy atom. The minimum Gasteiger partial charge on any atom is -0.341 e. The summed E-state index contributed by atoms with van der Waals surface area (Å²) in [5.74, 6) is 0.373. The van der Waals surface area contributed by atoms with Crippen LogP contribution in [0.5, 0.6) is 0 Å². The van der Waals surface area contributed by atoms with Crippen molar-refractivity contribution in [3.63, 3.8) is 0 Å². The highest BCUT2D eigenvalue weighted by Crippen LogP contribution is 2.26. The van der Waals surface area contributed by atoms with Gasteiger partial charge < -0.3 is 9.47 Å². The molecule has 0 saturated carbocycles. The van der Waals surface area contributed by atoms with Gasteiger partial charge in [0, 0.05) is 20.1 Å². The Morgan fingerprint density at radius 1 is 1.06 bits per heavy atom. The van der Waals surface area contributed by atoms with Crippen LogP contribution in [0.15, 0.2) is 76.6 Å². The standard InChI is InChI=1S/C24H23FN4OS2/c1-28(15-19-12-14-31-16-19)22(30)17-32-24-27-26-23(20-9-5-6-10-21(20)25)29(24)13-11-18-7-3-2-4-8-18/h2-10,12,14,16H,11,13,15,17H2,1H3. The van der Waals surface area contributed by atoms with Crippen LogP contribution >= 0.6 is 23.1 Å². The van der Waals surface area contributed by atoms with E-state index in [2.05, 4.69) is 22.3 Å². The van der Waals surface area contributed by atoms with Crippen molar-refractivity contribution in [1.29, 1.82) is 0 Å². The molecule has 4 rings (SSSR count). The monoisotopic (exact) mass is 466 g/mol. The molecule has 4 aromatic rings. The van der Waals surface area contributed by atoms with E-state index >= 15 is 0 Å². The van der Waals surface area contributed by atoms with Crippen LogP contribution in [0.1, 0.15) is 11.1 Å². The lowest BCUT2D eigenvalue weighted by Crippen LogP contribution is -2.27. The van der Waals surface area contributed by atoms with E-state index in [1.807, 2.05) is 39.6 Å². The lowest BCUT2D eigenvalue weighted by molar-refractivity contribution is -0.127. The number of aromatic nitrogens is 3. The highest BCUT2D eigenvalue weighted by molar-refractivity contribution is 7.99. The van der Waals surface area contributed by atoms with E-state index in [0.717, 1.165) is 12.0 Å². The summed E-state index contributed by atoms with van der Waals surface area (Å²) in [5.41, 5.74) is 2.69. The van der Waals surface area contributed by atoms with E-state index < -0.39 is 0 Å². The van der Waals surface area contributed by atoms with Gasteiger partial charge >= 0.3 is 0 Å². The third-order valence-electron chi connectivity index (χ3n) is 5.05. The molecule has 0 bridgehead atoms. The summed E-state index contributed by atoms with van der Waals surface area (Å²) in [7, 11) is 1.80. The molecule has 2 heterocycles. The molecule has 0 saturated heterocycles. The third kappa shape index (κ3) is 5.44. The lowest BCUT2D eigenvalue weighted by Gasteiger charge is -2.16. The van der Waals surface area contributed by atoms with Crippen molar-refractivity contribution in [2.75, 3.05) is 12.8 Å². The number of amides is 1. The van der Waals surface area contributed by atoms with Crippen LogP contribution in [0.4, 0.5) is 4.39 Å². The molecule has 0 aliphatic heterocycles. The van der Waals surface area contributed by atoms with Crippen molar-refractivity contribution in [3.8, 4) is 11.4 Å². The van der Waals surface area contributed by atoms with Crippen molar-refractivity contribution < 1.29 is 9.18 Å². The number of rotatable bonds is 9. The summed E-state index contributed by atoms with van der Waals surface area (Å²) in [6.07, 6.45) is 0.750. The van der Waals surface area contributed by atoms with Crippen molar-refractivity contribution >= 4 is 29.0 Å². The number of carbonyl (C=O) groups excluding carboxylic acids is 1. The van der Waals surface area contributed by atoms with Crippen LogP contribution in [0.25, 0.3) is 11.4 Å². The van der Waals surface area contributed by atoms with Gasteiger partial charge in [0.25, 0.3) is 0 Å². The second-order valence-corrected chi connectivity index (χ2v) is 9.07. The van der Waals surface area contributed by atoms with Gasteiger partial charge in [-0.2, -0.15) is 11.3 Å². The average Bonchev–Trinajstić information content (AvgIpc) is 3.47. The second-order valence-electron chi connectivity index (χ2n) is 7.34. The molecule has 0 atom stereocenters. The molecule has 0 unspecified atom stereocenters. The van der Waals surface area contributed by atoms with Gasteiger partial charge in [0.15, 0.2) is 11.0 Å². The minimum atomic E-state index is -0.344. The first-order valence-corrected chi connectivity index (χ1v) is 12.1. The van der Waals surface area contributed by atoms with E-state index in [4.69, 9.17) is 0 Å². The van der Waals surface area contributed by atoms with Gasteiger partial charge in [0.05, 0.1) is 11.3 Å². The zero-order valence-corrected chi connectivity index (χ0v) is 19.3. The smallest absolute Gasteiger partial charge is 0.233 e. The minimum absolute atomic E-state index is 0.00579. The first-order valence-electron chi connectivity index (χ1n) is 10.2. The highest BCUT2D eigenvalue weighted by atomic mass is 32.2. The van der Waals surface area contributed by atoms with Crippen LogP contribution in [0, 0.1) is 5.82 Å². The van der Waals surface area contributed by atoms with Crippen molar-refractivity contribution in [2.24, 2.45) is 0 Å². The van der Waals surface area contributed by atoms with Gasteiger partial charge in [-0.3, -0.25) is 4.79 Å². The van der Waals surface area contributed by atoms with Crippen molar-refractivity contribution in [3.05, 3.63) is 88.4 Å². The Kier molecular flexibility index (Phi) is 7.34. The molecule has 0 aliphatic carbocycles. The molecular formula is C24H23FN4OS2. The number of thiophene rings is 1. The molecule has 0 radical (unpaired) electrons. The molecule has 0 N–H and O–H groups in total.